The maximum Gasteiger partial charge on any atom is 0.222 e. The van der Waals surface area contributed by atoms with Crippen LogP contribution in [-0.4, -0.2) is 33.2 Å². The van der Waals surface area contributed by atoms with Crippen LogP contribution in [0.25, 0.3) is 0 Å². The Bertz CT molecular complexity index is 374. The van der Waals surface area contributed by atoms with E-state index in [0.29, 0.717) is 25.3 Å². The largest absolute Gasteiger partial charge is 0.396 e. The van der Waals surface area contributed by atoms with Gasteiger partial charge in [-0.2, -0.15) is 0 Å². The van der Waals surface area contributed by atoms with Crippen LogP contribution >= 0.6 is 0 Å². The minimum Gasteiger partial charge on any atom is -0.396 e. The van der Waals surface area contributed by atoms with E-state index in [0.717, 1.165) is 5.82 Å². The molecule has 0 fully saturated rings. The van der Waals surface area contributed by atoms with Gasteiger partial charge >= 0.3 is 0 Å². The summed E-state index contributed by atoms with van der Waals surface area (Å²) in [5.74, 6) is 1.38. The molecule has 1 unspecified atom stereocenters. The van der Waals surface area contributed by atoms with Crippen LogP contribution in [0.1, 0.15) is 45.4 Å². The topological polar surface area (TPSA) is 67.2 Å². The quantitative estimate of drug-likeness (QED) is 0.769. The van der Waals surface area contributed by atoms with Crippen LogP contribution in [-0.2, 0) is 11.3 Å². The van der Waals surface area contributed by atoms with Crippen molar-refractivity contribution in [3.8, 4) is 0 Å². The molecule has 1 atom stereocenters. The molecule has 18 heavy (non-hydrogen) atoms. The smallest absolute Gasteiger partial charge is 0.222 e. The molecular weight excluding hydrogens is 230 g/mol. The number of hydrogen-bond donors (Lipinski definition) is 2. The fourth-order valence-electron chi connectivity index (χ4n) is 1.85. The van der Waals surface area contributed by atoms with Crippen LogP contribution in [0.2, 0.25) is 0 Å². The minimum atomic E-state index is 0.0133. The molecule has 5 nitrogen and oxygen atoms in total. The molecule has 0 aliphatic rings. The number of hydrogen-bond acceptors (Lipinski definition) is 3. The molecule has 1 aromatic rings. The Balaban J connectivity index is 2.40. The van der Waals surface area contributed by atoms with Crippen LogP contribution in [0, 0.1) is 0 Å². The molecule has 0 spiro atoms. The number of nitrogens with one attached hydrogen (secondary N) is 1. The normalized spacial score (nSPS) is 12.7. The summed E-state index contributed by atoms with van der Waals surface area (Å²) in [7, 11) is 0. The van der Waals surface area contributed by atoms with Crippen molar-refractivity contribution < 1.29 is 9.90 Å². The zero-order valence-corrected chi connectivity index (χ0v) is 11.4. The Labute approximate surface area is 108 Å². The molecule has 102 valence electrons. The molecule has 0 bridgehead atoms. The van der Waals surface area contributed by atoms with E-state index < -0.39 is 0 Å². The van der Waals surface area contributed by atoms with Crippen molar-refractivity contribution in [3.63, 3.8) is 0 Å². The lowest BCUT2D eigenvalue weighted by Crippen LogP contribution is -2.33. The maximum atomic E-state index is 11.7. The summed E-state index contributed by atoms with van der Waals surface area (Å²) in [6.45, 7) is 6.81. The molecule has 1 aromatic heterocycles. The van der Waals surface area contributed by atoms with E-state index in [4.69, 9.17) is 5.11 Å². The molecule has 1 rings (SSSR count). The third kappa shape index (κ3) is 4.49. The molecule has 1 amide bonds. The monoisotopic (exact) mass is 253 g/mol. The van der Waals surface area contributed by atoms with Crippen molar-refractivity contribution in [1.82, 2.24) is 14.9 Å². The number of carbonyl (C=O) groups excluding carboxylic acids is 1. The van der Waals surface area contributed by atoms with E-state index in [1.165, 1.54) is 0 Å². The average molecular weight is 253 g/mol. The molecule has 0 aliphatic heterocycles. The molecule has 0 saturated heterocycles. The van der Waals surface area contributed by atoms with Gasteiger partial charge < -0.3 is 15.0 Å². The molecule has 0 saturated carbocycles. The fraction of sp³-hybridized carbons (Fsp3) is 0.692. The van der Waals surface area contributed by atoms with Crippen molar-refractivity contribution in [2.24, 2.45) is 0 Å². The Morgan fingerprint density at radius 3 is 2.83 bits per heavy atom. The van der Waals surface area contributed by atoms with E-state index >= 15 is 0 Å². The highest BCUT2D eigenvalue weighted by Gasteiger charge is 2.10. The van der Waals surface area contributed by atoms with Crippen molar-refractivity contribution in [2.75, 3.05) is 6.61 Å². The molecule has 0 radical (unpaired) electrons. The van der Waals surface area contributed by atoms with Crippen LogP contribution in [0.5, 0.6) is 0 Å². The van der Waals surface area contributed by atoms with E-state index in [9.17, 15) is 4.79 Å². The third-order valence-electron chi connectivity index (χ3n) is 2.81. The van der Waals surface area contributed by atoms with Gasteiger partial charge in [0, 0.05) is 43.9 Å². The number of rotatable bonds is 7. The van der Waals surface area contributed by atoms with Crippen LogP contribution in [0.15, 0.2) is 12.4 Å². The molecule has 0 aromatic carbocycles. The average Bonchev–Trinajstić information content (AvgIpc) is 2.74. The van der Waals surface area contributed by atoms with Gasteiger partial charge in [0.25, 0.3) is 0 Å². The van der Waals surface area contributed by atoms with Crippen molar-refractivity contribution in [1.29, 1.82) is 0 Å². The number of aryl methyl sites for hydroxylation is 1. The number of imidazole rings is 1. The van der Waals surface area contributed by atoms with Gasteiger partial charge in [0.15, 0.2) is 0 Å². The highest BCUT2D eigenvalue weighted by Crippen LogP contribution is 2.11. The van der Waals surface area contributed by atoms with Gasteiger partial charge in [0.2, 0.25) is 5.91 Å². The first-order valence-corrected chi connectivity index (χ1v) is 6.45. The molecule has 2 N–H and O–H groups in total. The summed E-state index contributed by atoms with van der Waals surface area (Å²) < 4.78 is 2.01. The number of nitrogens with zero attached hydrogens (tertiary/aromatic N) is 2. The molecular formula is C13H23N3O2. The third-order valence-corrected chi connectivity index (χ3v) is 2.81. The summed E-state index contributed by atoms with van der Waals surface area (Å²) in [4.78, 5) is 16.0. The first-order chi connectivity index (χ1) is 8.54. The maximum absolute atomic E-state index is 11.7. The summed E-state index contributed by atoms with van der Waals surface area (Å²) in [6.07, 6.45) is 4.70. The fourth-order valence-corrected chi connectivity index (χ4v) is 1.85. The minimum absolute atomic E-state index is 0.0133. The van der Waals surface area contributed by atoms with E-state index in [-0.39, 0.29) is 18.6 Å². The van der Waals surface area contributed by atoms with Gasteiger partial charge in [-0.15, -0.1) is 0 Å². The van der Waals surface area contributed by atoms with Crippen LogP contribution in [0.4, 0.5) is 0 Å². The lowest BCUT2D eigenvalue weighted by atomic mass is 10.2. The Morgan fingerprint density at radius 2 is 2.22 bits per heavy atom. The van der Waals surface area contributed by atoms with Gasteiger partial charge in [0.1, 0.15) is 5.82 Å². The number of aliphatic hydroxyl groups is 1. The zero-order chi connectivity index (χ0) is 13.5. The molecule has 0 aliphatic carbocycles. The van der Waals surface area contributed by atoms with E-state index in [1.54, 1.807) is 6.20 Å². The lowest BCUT2D eigenvalue weighted by Gasteiger charge is -2.13. The van der Waals surface area contributed by atoms with Crippen LogP contribution < -0.4 is 5.32 Å². The highest BCUT2D eigenvalue weighted by molar-refractivity contribution is 5.76. The van der Waals surface area contributed by atoms with Gasteiger partial charge in [-0.25, -0.2) is 4.98 Å². The number of aromatic nitrogens is 2. The second-order valence-electron chi connectivity index (χ2n) is 4.86. The predicted octanol–water partition coefficient (Wildman–Crippen LogP) is 1.28. The van der Waals surface area contributed by atoms with Crippen molar-refractivity contribution in [3.05, 3.63) is 18.2 Å². The van der Waals surface area contributed by atoms with E-state index in [2.05, 4.69) is 24.1 Å². The summed E-state index contributed by atoms with van der Waals surface area (Å²) >= 11 is 0. The number of amides is 1. The highest BCUT2D eigenvalue weighted by atomic mass is 16.3. The van der Waals surface area contributed by atoms with E-state index in [1.807, 2.05) is 17.7 Å². The first kappa shape index (κ1) is 14.7. The number of aliphatic hydroxyl groups excluding tert-OH is 1. The SMILES string of the molecule is CC(CCO)NC(=O)CCn1ccnc1C(C)C. The predicted molar refractivity (Wildman–Crippen MR) is 70.2 cm³/mol. The standard InChI is InChI=1S/C13H23N3O2/c1-10(2)13-14-6-8-16(13)7-4-12(18)15-11(3)5-9-17/h6,8,10-11,17H,4-5,7,9H2,1-3H3,(H,15,18). The van der Waals surface area contributed by atoms with Crippen LogP contribution in [0.3, 0.4) is 0 Å². The lowest BCUT2D eigenvalue weighted by molar-refractivity contribution is -0.122. The van der Waals surface area contributed by atoms with Gasteiger partial charge in [-0.1, -0.05) is 13.8 Å². The molecule has 5 heteroatoms. The Hall–Kier alpha value is -1.36. The second kappa shape index (κ2) is 7.16. The zero-order valence-electron chi connectivity index (χ0n) is 11.4. The van der Waals surface area contributed by atoms with Gasteiger partial charge in [0.05, 0.1) is 0 Å². The van der Waals surface area contributed by atoms with Crippen molar-refractivity contribution in [2.45, 2.75) is 52.1 Å². The Morgan fingerprint density at radius 1 is 1.50 bits per heavy atom. The Kier molecular flexibility index (Phi) is 5.85. The summed E-state index contributed by atoms with van der Waals surface area (Å²) in [6, 6.07) is 0.0230. The first-order valence-electron chi connectivity index (χ1n) is 6.45. The second-order valence-corrected chi connectivity index (χ2v) is 4.86. The van der Waals surface area contributed by atoms with Crippen molar-refractivity contribution >= 4 is 5.91 Å². The number of carbonyl (C=O) groups is 1. The summed E-state index contributed by atoms with van der Waals surface area (Å²) in [5, 5.41) is 11.6. The van der Waals surface area contributed by atoms with Gasteiger partial charge in [-0.05, 0) is 13.3 Å². The van der Waals surface area contributed by atoms with Gasteiger partial charge in [-0.3, -0.25) is 4.79 Å². The summed E-state index contributed by atoms with van der Waals surface area (Å²) in [5.41, 5.74) is 0. The molecule has 1 heterocycles.